The number of aryl methyl sites for hydroxylation is 1. The fourth-order valence-electron chi connectivity index (χ4n) is 4.70. The molecule has 1 fully saturated rings. The topological polar surface area (TPSA) is 80.6 Å². The van der Waals surface area contributed by atoms with Crippen molar-refractivity contribution >= 4 is 35.2 Å². The Balaban J connectivity index is 1.30. The SMILES string of the molecule is COc1cccc(-c2nnc(SCC(=O)N3CCN(C(=O)c4ccc(Cl)cc4)C(C)C3)n2-c2ccc(C)cc2)c1. The van der Waals surface area contributed by atoms with Gasteiger partial charge in [0.05, 0.1) is 12.9 Å². The average molecular weight is 576 g/mol. The Hall–Kier alpha value is -3.82. The van der Waals surface area contributed by atoms with Crippen LogP contribution in [0, 0.1) is 6.92 Å². The van der Waals surface area contributed by atoms with Crippen LogP contribution in [0.3, 0.4) is 0 Å². The summed E-state index contributed by atoms with van der Waals surface area (Å²) in [5, 5.41) is 10.2. The van der Waals surface area contributed by atoms with Crippen molar-refractivity contribution in [3.63, 3.8) is 0 Å². The number of amides is 2. The van der Waals surface area contributed by atoms with Gasteiger partial charge in [-0.3, -0.25) is 14.2 Å². The molecule has 1 unspecified atom stereocenters. The first-order valence-corrected chi connectivity index (χ1v) is 14.3. The summed E-state index contributed by atoms with van der Waals surface area (Å²) in [5.74, 6) is 1.54. The average Bonchev–Trinajstić information content (AvgIpc) is 3.40. The van der Waals surface area contributed by atoms with Gasteiger partial charge in [0, 0.05) is 47.5 Å². The Morgan fingerprint density at radius 3 is 2.48 bits per heavy atom. The molecule has 0 saturated carbocycles. The zero-order valence-electron chi connectivity index (χ0n) is 22.6. The number of hydrogen-bond acceptors (Lipinski definition) is 6. The van der Waals surface area contributed by atoms with Crippen molar-refractivity contribution in [2.75, 3.05) is 32.5 Å². The number of carbonyl (C=O) groups excluding carboxylic acids is 2. The number of piperazine rings is 1. The lowest BCUT2D eigenvalue weighted by molar-refractivity contribution is -0.130. The van der Waals surface area contributed by atoms with Gasteiger partial charge in [-0.15, -0.1) is 10.2 Å². The number of hydrogen-bond donors (Lipinski definition) is 0. The first kappa shape index (κ1) is 27.7. The lowest BCUT2D eigenvalue weighted by Crippen LogP contribution is -2.55. The molecule has 40 heavy (non-hydrogen) atoms. The third kappa shape index (κ3) is 6.00. The summed E-state index contributed by atoms with van der Waals surface area (Å²) in [4.78, 5) is 29.9. The monoisotopic (exact) mass is 575 g/mol. The smallest absolute Gasteiger partial charge is 0.254 e. The second-order valence-corrected chi connectivity index (χ2v) is 11.1. The molecule has 0 radical (unpaired) electrons. The maximum Gasteiger partial charge on any atom is 0.254 e. The highest BCUT2D eigenvalue weighted by Gasteiger charge is 2.30. The maximum atomic E-state index is 13.3. The van der Waals surface area contributed by atoms with Gasteiger partial charge >= 0.3 is 0 Å². The Morgan fingerprint density at radius 2 is 1.77 bits per heavy atom. The van der Waals surface area contributed by atoms with Crippen molar-refractivity contribution in [3.8, 4) is 22.8 Å². The molecule has 1 aromatic heterocycles. The van der Waals surface area contributed by atoms with Crippen molar-refractivity contribution < 1.29 is 14.3 Å². The van der Waals surface area contributed by atoms with Gasteiger partial charge in [0.25, 0.3) is 5.91 Å². The number of nitrogens with zero attached hydrogens (tertiary/aromatic N) is 5. The predicted octanol–water partition coefficient (Wildman–Crippen LogP) is 5.37. The number of halogens is 1. The minimum atomic E-state index is -0.109. The van der Waals surface area contributed by atoms with Gasteiger partial charge in [0.2, 0.25) is 5.91 Å². The Bertz CT molecular complexity index is 1510. The Labute approximate surface area is 242 Å². The Kier molecular flexibility index (Phi) is 8.42. The molecule has 1 aliphatic rings. The number of rotatable bonds is 7. The van der Waals surface area contributed by atoms with Crippen molar-refractivity contribution in [3.05, 3.63) is 88.9 Å². The van der Waals surface area contributed by atoms with Crippen molar-refractivity contribution in [1.82, 2.24) is 24.6 Å². The van der Waals surface area contributed by atoms with Crippen LogP contribution in [0.2, 0.25) is 5.02 Å². The van der Waals surface area contributed by atoms with Crippen LogP contribution in [0.5, 0.6) is 5.75 Å². The predicted molar refractivity (Wildman–Crippen MR) is 157 cm³/mol. The van der Waals surface area contributed by atoms with Crippen LogP contribution in [-0.2, 0) is 4.79 Å². The number of ether oxygens (including phenoxy) is 1. The molecule has 0 N–H and O–H groups in total. The van der Waals surface area contributed by atoms with E-state index in [2.05, 4.69) is 10.2 Å². The molecule has 5 rings (SSSR count). The minimum absolute atomic E-state index is 0.00294. The first-order chi connectivity index (χ1) is 19.3. The van der Waals surface area contributed by atoms with Gasteiger partial charge in [0.15, 0.2) is 11.0 Å². The van der Waals surface area contributed by atoms with E-state index in [1.54, 1.807) is 31.4 Å². The lowest BCUT2D eigenvalue weighted by Gasteiger charge is -2.40. The van der Waals surface area contributed by atoms with E-state index in [0.717, 1.165) is 22.6 Å². The van der Waals surface area contributed by atoms with Gasteiger partial charge in [-0.1, -0.05) is 53.2 Å². The zero-order valence-corrected chi connectivity index (χ0v) is 24.2. The quantitative estimate of drug-likeness (QED) is 0.276. The second-order valence-electron chi connectivity index (χ2n) is 9.69. The highest BCUT2D eigenvalue weighted by Crippen LogP contribution is 2.30. The van der Waals surface area contributed by atoms with Gasteiger partial charge in [-0.05, 0) is 62.4 Å². The molecule has 8 nitrogen and oxygen atoms in total. The van der Waals surface area contributed by atoms with Crippen LogP contribution in [0.25, 0.3) is 17.1 Å². The van der Waals surface area contributed by atoms with Gasteiger partial charge in [-0.2, -0.15) is 0 Å². The molecule has 2 amide bonds. The number of methoxy groups -OCH3 is 1. The van der Waals surface area contributed by atoms with Crippen molar-refractivity contribution in [1.29, 1.82) is 0 Å². The van der Waals surface area contributed by atoms with Crippen molar-refractivity contribution in [2.45, 2.75) is 25.0 Å². The molecule has 2 heterocycles. The number of benzene rings is 3. The molecule has 1 saturated heterocycles. The summed E-state index contributed by atoms with van der Waals surface area (Å²) in [7, 11) is 1.63. The third-order valence-corrected chi connectivity index (χ3v) is 8.08. The maximum absolute atomic E-state index is 13.3. The van der Waals surface area contributed by atoms with Crippen LogP contribution in [0.4, 0.5) is 0 Å². The van der Waals surface area contributed by atoms with E-state index in [0.29, 0.717) is 41.2 Å². The van der Waals surface area contributed by atoms with E-state index < -0.39 is 0 Å². The van der Waals surface area contributed by atoms with Gasteiger partial charge < -0.3 is 14.5 Å². The number of thioether (sulfide) groups is 1. The molecular weight excluding hydrogens is 546 g/mol. The summed E-state index contributed by atoms with van der Waals surface area (Å²) >= 11 is 7.32. The molecule has 1 aliphatic heterocycles. The minimum Gasteiger partial charge on any atom is -0.497 e. The number of carbonyl (C=O) groups is 2. The molecule has 10 heteroatoms. The zero-order chi connectivity index (χ0) is 28.2. The molecule has 0 bridgehead atoms. The summed E-state index contributed by atoms with van der Waals surface area (Å²) in [6.45, 7) is 5.42. The molecule has 3 aromatic carbocycles. The van der Waals surface area contributed by atoms with Crippen molar-refractivity contribution in [2.24, 2.45) is 0 Å². The summed E-state index contributed by atoms with van der Waals surface area (Å²) in [6, 6.07) is 22.6. The van der Waals surface area contributed by atoms with Crippen LogP contribution in [0.1, 0.15) is 22.8 Å². The molecule has 4 aromatic rings. The second kappa shape index (κ2) is 12.1. The summed E-state index contributed by atoms with van der Waals surface area (Å²) in [6.07, 6.45) is 0. The normalized spacial score (nSPS) is 15.2. The van der Waals surface area contributed by atoms with E-state index in [1.165, 1.54) is 11.8 Å². The van der Waals surface area contributed by atoms with E-state index in [9.17, 15) is 9.59 Å². The lowest BCUT2D eigenvalue weighted by atomic mass is 10.1. The highest BCUT2D eigenvalue weighted by atomic mass is 35.5. The van der Waals surface area contributed by atoms with Crippen LogP contribution in [-0.4, -0.2) is 74.9 Å². The van der Waals surface area contributed by atoms with Gasteiger partial charge in [-0.25, -0.2) is 0 Å². The third-order valence-electron chi connectivity index (χ3n) is 6.91. The molecule has 0 spiro atoms. The van der Waals surface area contributed by atoms with Gasteiger partial charge in [0.1, 0.15) is 5.75 Å². The molecule has 206 valence electrons. The molecule has 1 atom stereocenters. The van der Waals surface area contributed by atoms with Crippen LogP contribution >= 0.6 is 23.4 Å². The highest BCUT2D eigenvalue weighted by molar-refractivity contribution is 7.99. The Morgan fingerprint density at radius 1 is 1.02 bits per heavy atom. The molecule has 0 aliphatic carbocycles. The van der Waals surface area contributed by atoms with E-state index >= 15 is 0 Å². The van der Waals surface area contributed by atoms with E-state index in [-0.39, 0.29) is 23.6 Å². The van der Waals surface area contributed by atoms with E-state index in [1.807, 2.05) is 76.7 Å². The largest absolute Gasteiger partial charge is 0.497 e. The summed E-state index contributed by atoms with van der Waals surface area (Å²) in [5.41, 5.74) is 3.51. The standard InChI is InChI=1S/C30H30ClN5O3S/c1-20-7-13-25(14-8-20)36-28(23-5-4-6-26(17-23)39-3)32-33-30(36)40-19-27(37)34-15-16-35(21(2)18-34)29(38)22-9-11-24(31)12-10-22/h4-14,17,21H,15-16,18-19H2,1-3H3. The number of aromatic nitrogens is 3. The van der Waals surface area contributed by atoms with Crippen LogP contribution < -0.4 is 4.74 Å². The summed E-state index contributed by atoms with van der Waals surface area (Å²) < 4.78 is 7.38. The fraction of sp³-hybridized carbons (Fsp3) is 0.267. The van der Waals surface area contributed by atoms with E-state index in [4.69, 9.17) is 16.3 Å². The molecular formula is C30H30ClN5O3S. The first-order valence-electron chi connectivity index (χ1n) is 13.0. The van der Waals surface area contributed by atoms with Crippen LogP contribution in [0.15, 0.2) is 78.0 Å². The fourth-order valence-corrected chi connectivity index (χ4v) is 5.68.